The van der Waals surface area contributed by atoms with Gasteiger partial charge in [-0.2, -0.15) is 0 Å². The molecule has 0 bridgehead atoms. The van der Waals surface area contributed by atoms with E-state index in [9.17, 15) is 4.39 Å². The van der Waals surface area contributed by atoms with E-state index < -0.39 is 5.82 Å². The zero-order valence-corrected chi connectivity index (χ0v) is 11.6. The van der Waals surface area contributed by atoms with Gasteiger partial charge in [-0.1, -0.05) is 11.6 Å². The second kappa shape index (κ2) is 7.02. The molecule has 0 fully saturated rings. The molecule has 0 aliphatic heterocycles. The van der Waals surface area contributed by atoms with Gasteiger partial charge < -0.3 is 15.4 Å². The number of nitrogens with zero attached hydrogens (tertiary/aromatic N) is 2. The van der Waals surface area contributed by atoms with Crippen LogP contribution in [-0.2, 0) is 4.74 Å². The highest BCUT2D eigenvalue weighted by atomic mass is 35.5. The van der Waals surface area contributed by atoms with Crippen molar-refractivity contribution < 1.29 is 9.13 Å². The van der Waals surface area contributed by atoms with Crippen molar-refractivity contribution in [2.24, 2.45) is 0 Å². The van der Waals surface area contributed by atoms with E-state index in [-0.39, 0.29) is 5.02 Å². The second-order valence-corrected chi connectivity index (χ2v) is 4.37. The summed E-state index contributed by atoms with van der Waals surface area (Å²) in [5, 5.41) is 6.18. The van der Waals surface area contributed by atoms with Gasteiger partial charge in [-0.3, -0.25) is 0 Å². The van der Waals surface area contributed by atoms with Crippen LogP contribution in [0.1, 0.15) is 0 Å². The Balaban J connectivity index is 2.05. The summed E-state index contributed by atoms with van der Waals surface area (Å²) in [6, 6.07) is 6.12. The standard InChI is InChI=1S/C13H14ClFN4O/c1-20-5-4-16-12-7-13(18-8-17-12)19-9-2-3-11(15)10(14)6-9/h2-3,6-8H,4-5H2,1H3,(H2,16,17,18,19). The second-order valence-electron chi connectivity index (χ2n) is 3.96. The third-order valence-corrected chi connectivity index (χ3v) is 2.76. The number of methoxy groups -OCH3 is 1. The lowest BCUT2D eigenvalue weighted by Gasteiger charge is -2.08. The van der Waals surface area contributed by atoms with Crippen molar-refractivity contribution >= 4 is 28.9 Å². The number of hydrogen-bond donors (Lipinski definition) is 2. The van der Waals surface area contributed by atoms with E-state index in [0.29, 0.717) is 30.5 Å². The van der Waals surface area contributed by atoms with Crippen LogP contribution in [0.25, 0.3) is 0 Å². The molecule has 0 atom stereocenters. The molecule has 0 aliphatic carbocycles. The molecular formula is C13H14ClFN4O. The lowest BCUT2D eigenvalue weighted by Crippen LogP contribution is -2.09. The summed E-state index contributed by atoms with van der Waals surface area (Å²) < 4.78 is 18.0. The average Bonchev–Trinajstić information content (AvgIpc) is 2.44. The minimum absolute atomic E-state index is 0.0579. The molecule has 0 saturated carbocycles. The number of hydrogen-bond acceptors (Lipinski definition) is 5. The number of benzene rings is 1. The van der Waals surface area contributed by atoms with E-state index in [1.165, 1.54) is 18.5 Å². The van der Waals surface area contributed by atoms with Gasteiger partial charge in [0.25, 0.3) is 0 Å². The third kappa shape index (κ3) is 4.04. The van der Waals surface area contributed by atoms with Crippen LogP contribution >= 0.6 is 11.6 Å². The molecule has 2 aromatic rings. The molecule has 1 heterocycles. The van der Waals surface area contributed by atoms with Crippen LogP contribution in [0.3, 0.4) is 0 Å². The van der Waals surface area contributed by atoms with Crippen LogP contribution in [0.5, 0.6) is 0 Å². The maximum atomic E-state index is 13.1. The van der Waals surface area contributed by atoms with Crippen LogP contribution in [0.15, 0.2) is 30.6 Å². The molecule has 0 unspecified atom stereocenters. The summed E-state index contributed by atoms with van der Waals surface area (Å²) >= 11 is 5.72. The summed E-state index contributed by atoms with van der Waals surface area (Å²) in [5.41, 5.74) is 0.651. The maximum absolute atomic E-state index is 13.1. The number of ether oxygens (including phenoxy) is 1. The predicted molar refractivity (Wildman–Crippen MR) is 77.1 cm³/mol. The Morgan fingerprint density at radius 1 is 1.25 bits per heavy atom. The Labute approximate surface area is 121 Å². The largest absolute Gasteiger partial charge is 0.383 e. The van der Waals surface area contributed by atoms with E-state index in [2.05, 4.69) is 20.6 Å². The normalized spacial score (nSPS) is 10.3. The van der Waals surface area contributed by atoms with Gasteiger partial charge in [-0.25, -0.2) is 14.4 Å². The number of nitrogens with one attached hydrogen (secondary N) is 2. The number of aromatic nitrogens is 2. The first kappa shape index (κ1) is 14.5. The molecule has 1 aromatic heterocycles. The highest BCUT2D eigenvalue weighted by Crippen LogP contribution is 2.22. The first-order valence-corrected chi connectivity index (χ1v) is 6.34. The Morgan fingerprint density at radius 3 is 2.80 bits per heavy atom. The Morgan fingerprint density at radius 2 is 2.05 bits per heavy atom. The molecule has 1 aromatic carbocycles. The monoisotopic (exact) mass is 296 g/mol. The van der Waals surface area contributed by atoms with Crippen molar-refractivity contribution in [1.29, 1.82) is 0 Å². The summed E-state index contributed by atoms with van der Waals surface area (Å²) in [7, 11) is 1.63. The van der Waals surface area contributed by atoms with Gasteiger partial charge in [0.2, 0.25) is 0 Å². The summed E-state index contributed by atoms with van der Waals surface area (Å²) in [4.78, 5) is 8.17. The first-order valence-electron chi connectivity index (χ1n) is 5.96. The zero-order valence-electron chi connectivity index (χ0n) is 10.9. The fourth-order valence-electron chi connectivity index (χ4n) is 1.53. The van der Waals surface area contributed by atoms with Gasteiger partial charge in [-0.05, 0) is 18.2 Å². The summed E-state index contributed by atoms with van der Waals surface area (Å²) in [6.07, 6.45) is 1.43. The molecule has 0 amide bonds. The number of halogens is 2. The van der Waals surface area contributed by atoms with Crippen molar-refractivity contribution in [1.82, 2.24) is 9.97 Å². The third-order valence-electron chi connectivity index (χ3n) is 2.47. The van der Waals surface area contributed by atoms with E-state index in [1.54, 1.807) is 19.2 Å². The van der Waals surface area contributed by atoms with Gasteiger partial charge in [0.1, 0.15) is 23.8 Å². The van der Waals surface area contributed by atoms with Crippen molar-refractivity contribution in [3.05, 3.63) is 41.4 Å². The van der Waals surface area contributed by atoms with Gasteiger partial charge in [0, 0.05) is 25.4 Å². The summed E-state index contributed by atoms with van der Waals surface area (Å²) in [5.74, 6) is 0.803. The minimum Gasteiger partial charge on any atom is -0.383 e. The van der Waals surface area contributed by atoms with Crippen LogP contribution < -0.4 is 10.6 Å². The highest BCUT2D eigenvalue weighted by Gasteiger charge is 2.03. The maximum Gasteiger partial charge on any atom is 0.141 e. The molecule has 0 saturated heterocycles. The van der Waals surface area contributed by atoms with Crippen molar-refractivity contribution in [3.8, 4) is 0 Å². The molecule has 20 heavy (non-hydrogen) atoms. The quantitative estimate of drug-likeness (QED) is 0.802. The van der Waals surface area contributed by atoms with Crippen molar-refractivity contribution in [3.63, 3.8) is 0 Å². The van der Waals surface area contributed by atoms with Crippen molar-refractivity contribution in [2.75, 3.05) is 30.9 Å². The SMILES string of the molecule is COCCNc1cc(Nc2ccc(F)c(Cl)c2)ncn1. The van der Waals surface area contributed by atoms with E-state index >= 15 is 0 Å². The molecule has 0 spiro atoms. The van der Waals surface area contributed by atoms with E-state index in [1.807, 2.05) is 0 Å². The number of anilines is 3. The Kier molecular flexibility index (Phi) is 5.09. The van der Waals surface area contributed by atoms with Crippen LogP contribution in [0, 0.1) is 5.82 Å². The van der Waals surface area contributed by atoms with E-state index in [4.69, 9.17) is 16.3 Å². The van der Waals surface area contributed by atoms with Crippen LogP contribution in [0.4, 0.5) is 21.7 Å². The number of rotatable bonds is 6. The first-order chi connectivity index (χ1) is 9.69. The molecule has 0 radical (unpaired) electrons. The van der Waals surface area contributed by atoms with Crippen LogP contribution in [-0.4, -0.2) is 30.2 Å². The molecule has 106 valence electrons. The molecule has 0 aliphatic rings. The topological polar surface area (TPSA) is 59.1 Å². The average molecular weight is 297 g/mol. The fraction of sp³-hybridized carbons (Fsp3) is 0.231. The lowest BCUT2D eigenvalue weighted by atomic mass is 10.3. The smallest absolute Gasteiger partial charge is 0.141 e. The minimum atomic E-state index is -0.457. The van der Waals surface area contributed by atoms with Gasteiger partial charge in [-0.15, -0.1) is 0 Å². The van der Waals surface area contributed by atoms with Crippen molar-refractivity contribution in [2.45, 2.75) is 0 Å². The molecule has 5 nitrogen and oxygen atoms in total. The van der Waals surface area contributed by atoms with Gasteiger partial charge >= 0.3 is 0 Å². The lowest BCUT2D eigenvalue weighted by molar-refractivity contribution is 0.210. The Hall–Kier alpha value is -1.92. The Bertz CT molecular complexity index is 582. The van der Waals surface area contributed by atoms with Crippen LogP contribution in [0.2, 0.25) is 5.02 Å². The van der Waals surface area contributed by atoms with Gasteiger partial charge in [0.05, 0.1) is 11.6 Å². The van der Waals surface area contributed by atoms with Gasteiger partial charge in [0.15, 0.2) is 0 Å². The molecule has 2 N–H and O–H groups in total. The molecule has 7 heteroatoms. The summed E-state index contributed by atoms with van der Waals surface area (Å²) in [6.45, 7) is 1.23. The molecule has 2 rings (SSSR count). The van der Waals surface area contributed by atoms with E-state index in [0.717, 1.165) is 0 Å². The zero-order chi connectivity index (χ0) is 14.4. The predicted octanol–water partition coefficient (Wildman–Crippen LogP) is 3.07. The molecular weight excluding hydrogens is 283 g/mol. The fourth-order valence-corrected chi connectivity index (χ4v) is 1.71. The highest BCUT2D eigenvalue weighted by molar-refractivity contribution is 6.31.